The van der Waals surface area contributed by atoms with E-state index in [-0.39, 0.29) is 11.4 Å². The molecule has 0 aliphatic heterocycles. The number of hydrogen-bond acceptors (Lipinski definition) is 4. The van der Waals surface area contributed by atoms with E-state index in [9.17, 15) is 13.5 Å². The molecule has 6 heteroatoms. The second-order valence-corrected chi connectivity index (χ2v) is 7.24. The van der Waals surface area contributed by atoms with Crippen LogP contribution in [0.25, 0.3) is 0 Å². The summed E-state index contributed by atoms with van der Waals surface area (Å²) in [5.74, 6) is 0.677. The number of sulfonamides is 1. The summed E-state index contributed by atoms with van der Waals surface area (Å²) in [5, 5.41) is 10.1. The molecule has 0 spiro atoms. The molecule has 0 aromatic heterocycles. The number of aryl methyl sites for hydroxylation is 1. The zero-order valence-corrected chi connectivity index (χ0v) is 14.7. The minimum absolute atomic E-state index is 0.157. The Labute approximate surface area is 143 Å². The Morgan fingerprint density at radius 2 is 1.88 bits per heavy atom. The fourth-order valence-electron chi connectivity index (χ4n) is 2.36. The van der Waals surface area contributed by atoms with Crippen LogP contribution in [-0.2, 0) is 10.0 Å². The van der Waals surface area contributed by atoms with Crippen molar-refractivity contribution in [2.45, 2.75) is 31.3 Å². The van der Waals surface area contributed by atoms with Crippen molar-refractivity contribution in [1.82, 2.24) is 4.72 Å². The van der Waals surface area contributed by atoms with Crippen LogP contribution in [0.2, 0.25) is 0 Å². The molecule has 0 saturated heterocycles. The summed E-state index contributed by atoms with van der Waals surface area (Å²) in [6.07, 6.45) is -0.393. The topological polar surface area (TPSA) is 75.6 Å². The number of aliphatic hydroxyl groups is 1. The highest BCUT2D eigenvalue weighted by molar-refractivity contribution is 7.89. The molecule has 1 atom stereocenters. The highest BCUT2D eigenvalue weighted by Gasteiger charge is 2.16. The van der Waals surface area contributed by atoms with Gasteiger partial charge in [0, 0.05) is 6.54 Å². The maximum Gasteiger partial charge on any atom is 0.240 e. The van der Waals surface area contributed by atoms with E-state index in [1.165, 1.54) is 6.07 Å². The summed E-state index contributed by atoms with van der Waals surface area (Å²) in [7, 11) is -3.61. The number of rotatable bonds is 8. The maximum absolute atomic E-state index is 12.3. The molecule has 5 nitrogen and oxygen atoms in total. The van der Waals surface area contributed by atoms with Gasteiger partial charge < -0.3 is 9.84 Å². The van der Waals surface area contributed by atoms with Crippen molar-refractivity contribution in [2.75, 3.05) is 13.2 Å². The summed E-state index contributed by atoms with van der Waals surface area (Å²) < 4.78 is 32.6. The quantitative estimate of drug-likeness (QED) is 0.768. The number of hydrogen-bond donors (Lipinski definition) is 2. The molecule has 0 radical (unpaired) electrons. The van der Waals surface area contributed by atoms with Gasteiger partial charge in [0.2, 0.25) is 10.0 Å². The van der Waals surface area contributed by atoms with Crippen molar-refractivity contribution in [3.63, 3.8) is 0 Å². The fourth-order valence-corrected chi connectivity index (χ4v) is 3.49. The minimum atomic E-state index is -3.61. The second-order valence-electron chi connectivity index (χ2n) is 5.47. The van der Waals surface area contributed by atoms with Crippen molar-refractivity contribution < 1.29 is 18.3 Å². The van der Waals surface area contributed by atoms with Gasteiger partial charge in [-0.05, 0) is 49.6 Å². The first-order valence-corrected chi connectivity index (χ1v) is 9.38. The van der Waals surface area contributed by atoms with Crippen LogP contribution in [0.5, 0.6) is 5.75 Å². The van der Waals surface area contributed by atoms with Crippen molar-refractivity contribution >= 4 is 10.0 Å². The summed E-state index contributed by atoms with van der Waals surface area (Å²) in [5.41, 5.74) is 1.54. The molecule has 0 heterocycles. The molecule has 2 rings (SSSR count). The van der Waals surface area contributed by atoms with E-state index in [1.54, 1.807) is 12.1 Å². The fraction of sp³-hybridized carbons (Fsp3) is 0.333. The first-order chi connectivity index (χ1) is 11.4. The number of benzene rings is 2. The summed E-state index contributed by atoms with van der Waals surface area (Å²) in [6.45, 7) is 4.38. The zero-order valence-electron chi connectivity index (χ0n) is 13.9. The number of aliphatic hydroxyl groups excluding tert-OH is 1. The van der Waals surface area contributed by atoms with Crippen molar-refractivity contribution in [3.05, 3.63) is 59.7 Å². The normalized spacial score (nSPS) is 12.8. The Bertz CT molecular complexity index is 760. The van der Waals surface area contributed by atoms with Gasteiger partial charge in [-0.25, -0.2) is 13.1 Å². The molecular weight excluding hydrogens is 326 g/mol. The van der Waals surface area contributed by atoms with E-state index >= 15 is 0 Å². The molecule has 0 fully saturated rings. The van der Waals surface area contributed by atoms with Gasteiger partial charge >= 0.3 is 0 Å². The minimum Gasteiger partial charge on any atom is -0.494 e. The third kappa shape index (κ3) is 4.80. The van der Waals surface area contributed by atoms with Crippen LogP contribution in [0.3, 0.4) is 0 Å². The molecule has 1 unspecified atom stereocenters. The van der Waals surface area contributed by atoms with Gasteiger partial charge in [0.05, 0.1) is 17.6 Å². The maximum atomic E-state index is 12.3. The van der Waals surface area contributed by atoms with E-state index in [1.807, 2.05) is 44.2 Å². The molecule has 2 N–H and O–H groups in total. The van der Waals surface area contributed by atoms with Gasteiger partial charge in [-0.3, -0.25) is 0 Å². The molecule has 0 bridgehead atoms. The Kier molecular flexibility index (Phi) is 6.36. The largest absolute Gasteiger partial charge is 0.494 e. The van der Waals surface area contributed by atoms with Crippen LogP contribution in [0, 0.1) is 6.92 Å². The zero-order chi connectivity index (χ0) is 17.6. The predicted molar refractivity (Wildman–Crippen MR) is 93.6 cm³/mol. The van der Waals surface area contributed by atoms with Gasteiger partial charge in [-0.2, -0.15) is 0 Å². The molecule has 0 aliphatic rings. The lowest BCUT2D eigenvalue weighted by Gasteiger charge is -2.13. The monoisotopic (exact) mass is 349 g/mol. The third-order valence-corrected chi connectivity index (χ3v) is 5.11. The molecule has 130 valence electrons. The van der Waals surface area contributed by atoms with E-state index in [2.05, 4.69) is 4.72 Å². The first-order valence-electron chi connectivity index (χ1n) is 7.90. The smallest absolute Gasteiger partial charge is 0.240 e. The summed E-state index contributed by atoms with van der Waals surface area (Å²) in [6, 6.07) is 13.9. The van der Waals surface area contributed by atoms with E-state index in [4.69, 9.17) is 4.74 Å². The van der Waals surface area contributed by atoms with Crippen molar-refractivity contribution in [1.29, 1.82) is 0 Å². The average molecular weight is 349 g/mol. The molecule has 0 amide bonds. The lowest BCUT2D eigenvalue weighted by Crippen LogP contribution is -2.26. The van der Waals surface area contributed by atoms with Gasteiger partial charge in [0.25, 0.3) is 0 Å². The first kappa shape index (κ1) is 18.4. The molecule has 0 saturated carbocycles. The lowest BCUT2D eigenvalue weighted by atomic mass is 10.1. The van der Waals surface area contributed by atoms with Gasteiger partial charge in [-0.15, -0.1) is 0 Å². The number of ether oxygens (including phenoxy) is 1. The van der Waals surface area contributed by atoms with E-state index in [0.717, 1.165) is 11.1 Å². The van der Waals surface area contributed by atoms with Crippen LogP contribution < -0.4 is 9.46 Å². The highest BCUT2D eigenvalue weighted by Crippen LogP contribution is 2.22. The highest BCUT2D eigenvalue weighted by atomic mass is 32.2. The SMILES string of the molecule is CCOc1ccc(S(=O)(=O)NCCC(O)c2ccccc2)cc1C. The molecule has 2 aromatic rings. The van der Waals surface area contributed by atoms with Crippen LogP contribution in [0.4, 0.5) is 0 Å². The van der Waals surface area contributed by atoms with Gasteiger partial charge in [0.15, 0.2) is 0 Å². The Hall–Kier alpha value is -1.89. The Balaban J connectivity index is 1.97. The number of nitrogens with one attached hydrogen (secondary N) is 1. The van der Waals surface area contributed by atoms with Crippen LogP contribution in [0.15, 0.2) is 53.4 Å². The lowest BCUT2D eigenvalue weighted by molar-refractivity contribution is 0.169. The van der Waals surface area contributed by atoms with Crippen LogP contribution >= 0.6 is 0 Å². The van der Waals surface area contributed by atoms with E-state index < -0.39 is 16.1 Å². The van der Waals surface area contributed by atoms with Crippen molar-refractivity contribution in [2.24, 2.45) is 0 Å². The van der Waals surface area contributed by atoms with E-state index in [0.29, 0.717) is 18.8 Å². The summed E-state index contributed by atoms with van der Waals surface area (Å²) >= 11 is 0. The molecule has 2 aromatic carbocycles. The van der Waals surface area contributed by atoms with Gasteiger partial charge in [-0.1, -0.05) is 30.3 Å². The average Bonchev–Trinajstić information content (AvgIpc) is 2.57. The molecule has 24 heavy (non-hydrogen) atoms. The molecular formula is C18H23NO4S. The standard InChI is InChI=1S/C18H23NO4S/c1-3-23-18-10-9-16(13-14(18)2)24(21,22)19-12-11-17(20)15-7-5-4-6-8-15/h4-10,13,17,19-20H,3,11-12H2,1-2H3. The summed E-state index contributed by atoms with van der Waals surface area (Å²) in [4.78, 5) is 0.192. The van der Waals surface area contributed by atoms with Crippen LogP contribution in [0.1, 0.15) is 30.6 Å². The Morgan fingerprint density at radius 3 is 2.50 bits per heavy atom. The third-order valence-electron chi connectivity index (χ3n) is 3.65. The van der Waals surface area contributed by atoms with Gasteiger partial charge in [0.1, 0.15) is 5.75 Å². The van der Waals surface area contributed by atoms with Crippen molar-refractivity contribution in [3.8, 4) is 5.75 Å². The predicted octanol–water partition coefficient (Wildman–Crippen LogP) is 2.80. The Morgan fingerprint density at radius 1 is 1.17 bits per heavy atom. The molecule has 0 aliphatic carbocycles. The second kappa shape index (κ2) is 8.28. The van der Waals surface area contributed by atoms with Crippen LogP contribution in [-0.4, -0.2) is 26.7 Å².